The van der Waals surface area contributed by atoms with E-state index in [-0.39, 0.29) is 23.9 Å². The molecule has 0 aliphatic carbocycles. The maximum atomic E-state index is 13.3. The van der Waals surface area contributed by atoms with Crippen molar-refractivity contribution in [3.63, 3.8) is 0 Å². The van der Waals surface area contributed by atoms with Gasteiger partial charge in [0.1, 0.15) is 0 Å². The van der Waals surface area contributed by atoms with Crippen LogP contribution in [-0.4, -0.2) is 37.8 Å². The molecule has 8 heteroatoms. The van der Waals surface area contributed by atoms with E-state index in [4.69, 9.17) is 0 Å². The summed E-state index contributed by atoms with van der Waals surface area (Å²) in [5, 5.41) is 0. The summed E-state index contributed by atoms with van der Waals surface area (Å²) in [6.45, 7) is 7.18. The van der Waals surface area contributed by atoms with Gasteiger partial charge in [0.25, 0.3) is 0 Å². The van der Waals surface area contributed by atoms with Gasteiger partial charge in [-0.25, -0.2) is 8.42 Å². The van der Waals surface area contributed by atoms with Crippen molar-refractivity contribution < 1.29 is 26.3 Å². The average Bonchev–Trinajstić information content (AvgIpc) is 2.51. The summed E-state index contributed by atoms with van der Waals surface area (Å²) in [5.74, 6) is 0. The minimum Gasteiger partial charge on any atom is -0.287 e. The van der Waals surface area contributed by atoms with E-state index in [0.717, 1.165) is 18.4 Å². The van der Waals surface area contributed by atoms with Gasteiger partial charge in [-0.15, -0.1) is 13.2 Å². The number of unbranched alkanes of at least 4 members (excludes halogenated alkanes) is 1. The van der Waals surface area contributed by atoms with E-state index in [2.05, 4.69) is 4.74 Å². The van der Waals surface area contributed by atoms with Gasteiger partial charge in [-0.2, -0.15) is 4.31 Å². The van der Waals surface area contributed by atoms with Gasteiger partial charge in [-0.1, -0.05) is 51.3 Å². The number of halogens is 3. The molecular formula is C19H28F3NO3S. The van der Waals surface area contributed by atoms with Crippen LogP contribution >= 0.6 is 0 Å². The van der Waals surface area contributed by atoms with Crippen molar-refractivity contribution >= 4 is 10.0 Å². The summed E-state index contributed by atoms with van der Waals surface area (Å²) >= 11 is 0. The Morgan fingerprint density at radius 1 is 1.22 bits per heavy atom. The van der Waals surface area contributed by atoms with Crippen molar-refractivity contribution in [2.24, 2.45) is 5.41 Å². The highest BCUT2D eigenvalue weighted by Crippen LogP contribution is 2.42. The van der Waals surface area contributed by atoms with Gasteiger partial charge in [0.2, 0.25) is 10.0 Å². The van der Waals surface area contributed by atoms with Gasteiger partial charge in [-0.3, -0.25) is 4.74 Å². The van der Waals surface area contributed by atoms with Gasteiger partial charge in [-0.05, 0) is 37.3 Å². The number of ether oxygens (including phenoxy) is 1. The molecule has 1 heterocycles. The minimum absolute atomic E-state index is 0.0954. The number of rotatable bonds is 6. The molecule has 4 nitrogen and oxygen atoms in total. The second-order valence-electron chi connectivity index (χ2n) is 7.92. The molecule has 0 spiro atoms. The molecule has 1 aliphatic heterocycles. The summed E-state index contributed by atoms with van der Waals surface area (Å²) in [4.78, 5) is 0.0954. The Kier molecular flexibility index (Phi) is 6.64. The van der Waals surface area contributed by atoms with E-state index in [9.17, 15) is 21.6 Å². The lowest BCUT2D eigenvalue weighted by molar-refractivity contribution is -0.349. The Hall–Kier alpha value is -1.12. The number of benzene rings is 1. The van der Waals surface area contributed by atoms with Gasteiger partial charge < -0.3 is 0 Å². The first kappa shape index (κ1) is 22.2. The van der Waals surface area contributed by atoms with Crippen LogP contribution in [0.15, 0.2) is 29.2 Å². The van der Waals surface area contributed by atoms with Crippen molar-refractivity contribution in [2.75, 3.05) is 6.54 Å². The molecule has 154 valence electrons. The number of piperidine rings is 1. The Morgan fingerprint density at radius 2 is 1.81 bits per heavy atom. The van der Waals surface area contributed by atoms with Crippen molar-refractivity contribution in [2.45, 2.75) is 76.8 Å². The zero-order valence-electron chi connectivity index (χ0n) is 16.2. The lowest BCUT2D eigenvalue weighted by Crippen LogP contribution is -2.57. The van der Waals surface area contributed by atoms with Crippen LogP contribution < -0.4 is 0 Å². The molecule has 0 bridgehead atoms. The number of nitrogens with zero attached hydrogens (tertiary/aromatic N) is 1. The van der Waals surface area contributed by atoms with E-state index < -0.39 is 27.9 Å². The van der Waals surface area contributed by atoms with E-state index in [1.807, 2.05) is 27.7 Å². The third-order valence-corrected chi connectivity index (χ3v) is 7.03. The fourth-order valence-corrected chi connectivity index (χ4v) is 5.66. The van der Waals surface area contributed by atoms with Gasteiger partial charge in [0, 0.05) is 12.6 Å². The number of hydrogen-bond donors (Lipinski definition) is 0. The third kappa shape index (κ3) is 5.45. The van der Waals surface area contributed by atoms with Crippen LogP contribution in [-0.2, 0) is 14.8 Å². The molecule has 1 aromatic rings. The van der Waals surface area contributed by atoms with Crippen LogP contribution in [0.1, 0.15) is 52.0 Å². The highest BCUT2D eigenvalue weighted by atomic mass is 32.2. The smallest absolute Gasteiger partial charge is 0.287 e. The number of sulfonamides is 1. The summed E-state index contributed by atoms with van der Waals surface area (Å²) in [6.07, 6.45) is -3.57. The van der Waals surface area contributed by atoms with Crippen LogP contribution in [0, 0.1) is 12.3 Å². The predicted molar refractivity (Wildman–Crippen MR) is 97.7 cm³/mol. The minimum atomic E-state index is -4.80. The SMILES string of the molecule is CCCC[C@@H]1N(S(=O)(=O)c2ccc(C)cc2)C[C@@H](OC(F)(F)F)CC1(C)C. The first-order chi connectivity index (χ1) is 12.4. The predicted octanol–water partition coefficient (Wildman–Crippen LogP) is 4.88. The third-order valence-electron chi connectivity index (χ3n) is 5.15. The lowest BCUT2D eigenvalue weighted by Gasteiger charge is -2.48. The highest BCUT2D eigenvalue weighted by Gasteiger charge is 2.49. The van der Waals surface area contributed by atoms with Crippen LogP contribution in [0.2, 0.25) is 0 Å². The van der Waals surface area contributed by atoms with Crippen molar-refractivity contribution in [1.29, 1.82) is 0 Å². The molecule has 0 radical (unpaired) electrons. The van der Waals surface area contributed by atoms with Gasteiger partial charge in [0.05, 0.1) is 11.0 Å². The van der Waals surface area contributed by atoms with Crippen LogP contribution in [0.3, 0.4) is 0 Å². The van der Waals surface area contributed by atoms with Crippen LogP contribution in [0.25, 0.3) is 0 Å². The molecule has 0 N–H and O–H groups in total. The second-order valence-corrected chi connectivity index (χ2v) is 9.81. The monoisotopic (exact) mass is 407 g/mol. The molecule has 27 heavy (non-hydrogen) atoms. The topological polar surface area (TPSA) is 46.6 Å². The number of alkyl halides is 3. The normalized spacial score (nSPS) is 24.1. The molecule has 2 rings (SSSR count). The molecule has 1 saturated heterocycles. The second kappa shape index (κ2) is 8.09. The van der Waals surface area contributed by atoms with Gasteiger partial charge in [0.15, 0.2) is 0 Å². The quantitative estimate of drug-likeness (QED) is 0.675. The molecular weight excluding hydrogens is 379 g/mol. The Bertz CT molecular complexity index is 730. The zero-order chi connectivity index (χ0) is 20.5. The molecule has 0 saturated carbocycles. The molecule has 1 aromatic carbocycles. The summed E-state index contributed by atoms with van der Waals surface area (Å²) < 4.78 is 70.4. The maximum Gasteiger partial charge on any atom is 0.522 e. The summed E-state index contributed by atoms with van der Waals surface area (Å²) in [6, 6.07) is 6.00. The van der Waals surface area contributed by atoms with Crippen LogP contribution in [0.4, 0.5) is 13.2 Å². The van der Waals surface area contributed by atoms with Gasteiger partial charge >= 0.3 is 6.36 Å². The summed E-state index contributed by atoms with van der Waals surface area (Å²) in [5.41, 5.74) is 0.273. The highest BCUT2D eigenvalue weighted by molar-refractivity contribution is 7.89. The van der Waals surface area contributed by atoms with E-state index >= 15 is 0 Å². The van der Waals surface area contributed by atoms with E-state index in [1.165, 1.54) is 16.4 Å². The van der Waals surface area contributed by atoms with Crippen molar-refractivity contribution in [1.82, 2.24) is 4.31 Å². The first-order valence-electron chi connectivity index (χ1n) is 9.20. The Labute approximate surface area is 159 Å². The fourth-order valence-electron chi connectivity index (χ4n) is 3.82. The molecule has 1 fully saturated rings. The maximum absolute atomic E-state index is 13.3. The summed E-state index contributed by atoms with van der Waals surface area (Å²) in [7, 11) is -3.93. The molecule has 0 unspecified atom stereocenters. The first-order valence-corrected chi connectivity index (χ1v) is 10.6. The fraction of sp³-hybridized carbons (Fsp3) is 0.684. The standard InChI is InChI=1S/C19H28F3NO3S/c1-5-6-7-17-18(3,4)12-15(26-19(20,21)22)13-23(17)27(24,25)16-10-8-14(2)9-11-16/h8-11,15,17H,5-7,12-13H2,1-4H3/t15-,17-/m0/s1. The Balaban J connectivity index is 2.42. The van der Waals surface area contributed by atoms with Crippen molar-refractivity contribution in [3.8, 4) is 0 Å². The number of hydrogen-bond acceptors (Lipinski definition) is 3. The van der Waals surface area contributed by atoms with Crippen LogP contribution in [0.5, 0.6) is 0 Å². The largest absolute Gasteiger partial charge is 0.522 e. The van der Waals surface area contributed by atoms with E-state index in [1.54, 1.807) is 12.1 Å². The Morgan fingerprint density at radius 3 is 2.33 bits per heavy atom. The molecule has 2 atom stereocenters. The lowest BCUT2D eigenvalue weighted by atomic mass is 9.74. The molecule has 0 amide bonds. The molecule has 1 aliphatic rings. The van der Waals surface area contributed by atoms with Crippen molar-refractivity contribution in [3.05, 3.63) is 29.8 Å². The zero-order valence-corrected chi connectivity index (χ0v) is 17.0. The van der Waals surface area contributed by atoms with E-state index in [0.29, 0.717) is 6.42 Å². The number of aryl methyl sites for hydroxylation is 1. The molecule has 0 aromatic heterocycles. The average molecular weight is 407 g/mol.